The fourth-order valence-corrected chi connectivity index (χ4v) is 2.05. The third-order valence-corrected chi connectivity index (χ3v) is 3.09. The van der Waals surface area contributed by atoms with Crippen LogP contribution in [0.5, 0.6) is 11.5 Å². The maximum atomic E-state index is 5.78. The average Bonchev–Trinajstić information content (AvgIpc) is 2.45. The molecule has 3 nitrogen and oxygen atoms in total. The molecule has 0 bridgehead atoms. The Morgan fingerprint density at radius 2 is 1.90 bits per heavy atom. The van der Waals surface area contributed by atoms with Gasteiger partial charge >= 0.3 is 0 Å². The molecule has 0 heterocycles. The summed E-state index contributed by atoms with van der Waals surface area (Å²) in [5.74, 6) is 1.80. The van der Waals surface area contributed by atoms with Crippen LogP contribution in [0.4, 0.5) is 5.69 Å². The Hall–Kier alpha value is -2.16. The first kappa shape index (κ1) is 14.3. The molecule has 0 unspecified atom stereocenters. The zero-order chi connectivity index (χ0) is 14.4. The number of rotatable bonds is 6. The smallest absolute Gasteiger partial charge is 0.122 e. The molecule has 0 amide bonds. The molecule has 0 spiro atoms. The van der Waals surface area contributed by atoms with Gasteiger partial charge < -0.3 is 14.8 Å². The van der Waals surface area contributed by atoms with Crippen LogP contribution in [0.3, 0.4) is 0 Å². The number of methoxy groups -OCH3 is 1. The van der Waals surface area contributed by atoms with Gasteiger partial charge in [0.1, 0.15) is 18.1 Å². The van der Waals surface area contributed by atoms with E-state index in [1.165, 1.54) is 11.1 Å². The minimum absolute atomic E-state index is 0.626. The van der Waals surface area contributed by atoms with Crippen LogP contribution in [-0.4, -0.2) is 20.3 Å². The second-order valence-electron chi connectivity index (χ2n) is 4.78. The maximum Gasteiger partial charge on any atom is 0.122 e. The van der Waals surface area contributed by atoms with E-state index in [9.17, 15) is 0 Å². The first-order valence-electron chi connectivity index (χ1n) is 6.77. The van der Waals surface area contributed by atoms with Gasteiger partial charge in [-0.15, -0.1) is 0 Å². The molecule has 2 aromatic rings. The Kier molecular flexibility index (Phi) is 4.88. The number of benzene rings is 2. The number of hydrogen-bond acceptors (Lipinski definition) is 3. The van der Waals surface area contributed by atoms with E-state index in [-0.39, 0.29) is 0 Å². The van der Waals surface area contributed by atoms with Crippen LogP contribution >= 0.6 is 0 Å². The molecule has 0 radical (unpaired) electrons. The van der Waals surface area contributed by atoms with Crippen molar-refractivity contribution in [1.29, 1.82) is 0 Å². The number of aryl methyl sites for hydroxylation is 2. The molecule has 0 atom stereocenters. The molecule has 2 rings (SSSR count). The van der Waals surface area contributed by atoms with Crippen LogP contribution in [0.2, 0.25) is 0 Å². The average molecular weight is 271 g/mol. The molecule has 0 aliphatic carbocycles. The highest BCUT2D eigenvalue weighted by molar-refractivity contribution is 5.48. The quantitative estimate of drug-likeness (QED) is 0.811. The second-order valence-corrected chi connectivity index (χ2v) is 4.78. The highest BCUT2D eigenvalue weighted by Gasteiger charge is 1.99. The van der Waals surface area contributed by atoms with E-state index in [2.05, 4.69) is 31.3 Å². The minimum atomic E-state index is 0.626. The predicted octanol–water partition coefficient (Wildman–Crippen LogP) is 3.80. The summed E-state index contributed by atoms with van der Waals surface area (Å²) in [7, 11) is 1.67. The molecule has 0 saturated heterocycles. The summed E-state index contributed by atoms with van der Waals surface area (Å²) in [6.07, 6.45) is 0. The molecular weight excluding hydrogens is 250 g/mol. The first-order chi connectivity index (χ1) is 9.69. The summed E-state index contributed by atoms with van der Waals surface area (Å²) < 4.78 is 11.0. The normalized spacial score (nSPS) is 10.2. The highest BCUT2D eigenvalue weighted by atomic mass is 16.5. The van der Waals surface area contributed by atoms with Crippen molar-refractivity contribution in [1.82, 2.24) is 0 Å². The van der Waals surface area contributed by atoms with Crippen molar-refractivity contribution in [3.05, 3.63) is 53.6 Å². The van der Waals surface area contributed by atoms with Gasteiger partial charge in [-0.05, 0) is 37.6 Å². The lowest BCUT2D eigenvalue weighted by atomic mass is 10.1. The molecule has 106 valence electrons. The highest BCUT2D eigenvalue weighted by Crippen LogP contribution is 2.19. The fraction of sp³-hybridized carbons (Fsp3) is 0.294. The van der Waals surface area contributed by atoms with Crippen LogP contribution in [-0.2, 0) is 0 Å². The lowest BCUT2D eigenvalue weighted by Gasteiger charge is -2.11. The van der Waals surface area contributed by atoms with Crippen molar-refractivity contribution >= 4 is 5.69 Å². The Morgan fingerprint density at radius 1 is 1.05 bits per heavy atom. The van der Waals surface area contributed by atoms with Crippen molar-refractivity contribution in [2.75, 3.05) is 25.6 Å². The van der Waals surface area contributed by atoms with Gasteiger partial charge in [0.05, 0.1) is 7.11 Å². The summed E-state index contributed by atoms with van der Waals surface area (Å²) in [6, 6.07) is 14.1. The Bertz CT molecular complexity index is 567. The third kappa shape index (κ3) is 3.92. The molecular formula is C17H21NO2. The third-order valence-electron chi connectivity index (χ3n) is 3.09. The molecule has 20 heavy (non-hydrogen) atoms. The van der Waals surface area contributed by atoms with Crippen LogP contribution in [0.15, 0.2) is 42.5 Å². The summed E-state index contributed by atoms with van der Waals surface area (Å²) >= 11 is 0. The van der Waals surface area contributed by atoms with Crippen LogP contribution in [0, 0.1) is 13.8 Å². The second kappa shape index (κ2) is 6.85. The SMILES string of the molecule is COc1cccc(NCCOc2ccc(C)cc2C)c1. The minimum Gasteiger partial charge on any atom is -0.497 e. The Labute approximate surface area is 120 Å². The van der Waals surface area contributed by atoms with E-state index in [1.807, 2.05) is 30.3 Å². The van der Waals surface area contributed by atoms with Crippen molar-refractivity contribution < 1.29 is 9.47 Å². The Balaban J connectivity index is 1.81. The van der Waals surface area contributed by atoms with E-state index < -0.39 is 0 Å². The number of nitrogens with one attached hydrogen (secondary N) is 1. The van der Waals surface area contributed by atoms with Gasteiger partial charge in [-0.1, -0.05) is 23.8 Å². The number of ether oxygens (including phenoxy) is 2. The lowest BCUT2D eigenvalue weighted by Crippen LogP contribution is -2.11. The van der Waals surface area contributed by atoms with E-state index >= 15 is 0 Å². The monoisotopic (exact) mass is 271 g/mol. The van der Waals surface area contributed by atoms with E-state index in [0.29, 0.717) is 6.61 Å². The number of anilines is 1. The van der Waals surface area contributed by atoms with Crippen molar-refractivity contribution in [2.45, 2.75) is 13.8 Å². The molecule has 0 aliphatic heterocycles. The van der Waals surface area contributed by atoms with Crippen LogP contribution in [0.1, 0.15) is 11.1 Å². The standard InChI is InChI=1S/C17H21NO2/c1-13-7-8-17(14(2)11-13)20-10-9-18-15-5-4-6-16(12-15)19-3/h4-8,11-12,18H,9-10H2,1-3H3. The van der Waals surface area contributed by atoms with Crippen molar-refractivity contribution in [3.63, 3.8) is 0 Å². The molecule has 0 fully saturated rings. The molecule has 1 N–H and O–H groups in total. The molecule has 3 heteroatoms. The van der Waals surface area contributed by atoms with E-state index in [0.717, 1.165) is 23.7 Å². The summed E-state index contributed by atoms with van der Waals surface area (Å²) in [5, 5.41) is 3.32. The number of hydrogen-bond donors (Lipinski definition) is 1. The maximum absolute atomic E-state index is 5.78. The predicted molar refractivity (Wildman–Crippen MR) is 82.9 cm³/mol. The van der Waals surface area contributed by atoms with E-state index in [4.69, 9.17) is 9.47 Å². The topological polar surface area (TPSA) is 30.5 Å². The first-order valence-corrected chi connectivity index (χ1v) is 6.77. The molecule has 0 aromatic heterocycles. The molecule has 0 aliphatic rings. The fourth-order valence-electron chi connectivity index (χ4n) is 2.05. The van der Waals surface area contributed by atoms with Crippen LogP contribution < -0.4 is 14.8 Å². The summed E-state index contributed by atoms with van der Waals surface area (Å²) in [4.78, 5) is 0. The zero-order valence-electron chi connectivity index (χ0n) is 12.3. The van der Waals surface area contributed by atoms with Gasteiger partial charge in [0.2, 0.25) is 0 Å². The van der Waals surface area contributed by atoms with Crippen LogP contribution in [0.25, 0.3) is 0 Å². The molecule has 0 saturated carbocycles. The lowest BCUT2D eigenvalue weighted by molar-refractivity contribution is 0.330. The van der Waals surface area contributed by atoms with Crippen molar-refractivity contribution in [2.24, 2.45) is 0 Å². The van der Waals surface area contributed by atoms with Gasteiger partial charge in [-0.3, -0.25) is 0 Å². The van der Waals surface area contributed by atoms with Gasteiger partial charge in [-0.2, -0.15) is 0 Å². The summed E-state index contributed by atoms with van der Waals surface area (Å²) in [6.45, 7) is 5.53. The Morgan fingerprint density at radius 3 is 2.65 bits per heavy atom. The largest absolute Gasteiger partial charge is 0.497 e. The van der Waals surface area contributed by atoms with E-state index in [1.54, 1.807) is 7.11 Å². The zero-order valence-corrected chi connectivity index (χ0v) is 12.3. The van der Waals surface area contributed by atoms with Gasteiger partial charge in [0, 0.05) is 18.3 Å². The van der Waals surface area contributed by atoms with Gasteiger partial charge in [0.15, 0.2) is 0 Å². The summed E-state index contributed by atoms with van der Waals surface area (Å²) in [5.41, 5.74) is 3.46. The van der Waals surface area contributed by atoms with Crippen molar-refractivity contribution in [3.8, 4) is 11.5 Å². The van der Waals surface area contributed by atoms with Gasteiger partial charge in [0.25, 0.3) is 0 Å². The molecule has 2 aromatic carbocycles. The van der Waals surface area contributed by atoms with Gasteiger partial charge in [-0.25, -0.2) is 0 Å².